The molecule has 2 amide bonds. The summed E-state index contributed by atoms with van der Waals surface area (Å²) in [6, 6.07) is 7.07. The second-order valence-electron chi connectivity index (χ2n) is 6.23. The molecule has 30 heavy (non-hydrogen) atoms. The van der Waals surface area contributed by atoms with Crippen LogP contribution in [0.4, 0.5) is 5.69 Å². The van der Waals surface area contributed by atoms with E-state index in [9.17, 15) is 9.59 Å². The van der Waals surface area contributed by atoms with Crippen LogP contribution in [0.5, 0.6) is 5.75 Å². The highest BCUT2D eigenvalue weighted by Gasteiger charge is 2.21. The standard InChI is InChI=1S/C20H29N5O5/c1-5-24(13-18(26)21-15-10-8-9-11-17(15)28-4)20(27)16-12-25(23-22-16)14-19(29-6-2)30-7-3/h8-12,19H,5-7,13-14H2,1-4H3,(H,21,26). The Morgan fingerprint density at radius 2 is 1.87 bits per heavy atom. The van der Waals surface area contributed by atoms with E-state index < -0.39 is 6.29 Å². The van der Waals surface area contributed by atoms with Crippen molar-refractivity contribution < 1.29 is 23.8 Å². The SMILES string of the molecule is CCOC(Cn1cc(C(=O)N(CC)CC(=O)Nc2ccccc2OC)nn1)OCC. The van der Waals surface area contributed by atoms with Gasteiger partial charge < -0.3 is 24.4 Å². The van der Waals surface area contributed by atoms with Crippen LogP contribution in [0.15, 0.2) is 30.5 Å². The molecule has 10 nitrogen and oxygen atoms in total. The van der Waals surface area contributed by atoms with Gasteiger partial charge in [0, 0.05) is 19.8 Å². The lowest BCUT2D eigenvalue weighted by Crippen LogP contribution is -2.38. The van der Waals surface area contributed by atoms with Crippen LogP contribution in [0.25, 0.3) is 0 Å². The third kappa shape index (κ3) is 6.53. The van der Waals surface area contributed by atoms with Gasteiger partial charge in [0.05, 0.1) is 25.5 Å². The smallest absolute Gasteiger partial charge is 0.276 e. The molecule has 0 saturated carbocycles. The van der Waals surface area contributed by atoms with Crippen molar-refractivity contribution in [2.45, 2.75) is 33.6 Å². The van der Waals surface area contributed by atoms with Gasteiger partial charge in [0.15, 0.2) is 12.0 Å². The molecule has 1 heterocycles. The molecule has 164 valence electrons. The van der Waals surface area contributed by atoms with Crippen molar-refractivity contribution >= 4 is 17.5 Å². The summed E-state index contributed by atoms with van der Waals surface area (Å²) in [5.41, 5.74) is 0.686. The van der Waals surface area contributed by atoms with E-state index in [2.05, 4.69) is 15.6 Å². The first kappa shape index (κ1) is 23.3. The van der Waals surface area contributed by atoms with Crippen LogP contribution in [0, 0.1) is 0 Å². The van der Waals surface area contributed by atoms with Gasteiger partial charge in [-0.15, -0.1) is 5.10 Å². The quantitative estimate of drug-likeness (QED) is 0.523. The molecule has 0 aliphatic heterocycles. The molecule has 2 aromatic rings. The highest BCUT2D eigenvalue weighted by atomic mass is 16.7. The van der Waals surface area contributed by atoms with Crippen LogP contribution in [0.2, 0.25) is 0 Å². The molecule has 10 heteroatoms. The first-order chi connectivity index (χ1) is 14.5. The van der Waals surface area contributed by atoms with Crippen molar-refractivity contribution in [1.82, 2.24) is 19.9 Å². The maximum Gasteiger partial charge on any atom is 0.276 e. The molecule has 1 N–H and O–H groups in total. The van der Waals surface area contributed by atoms with Crippen molar-refractivity contribution in [3.05, 3.63) is 36.2 Å². The predicted molar refractivity (Wildman–Crippen MR) is 110 cm³/mol. The molecule has 0 spiro atoms. The first-order valence-corrected chi connectivity index (χ1v) is 9.87. The Bertz CT molecular complexity index is 819. The Morgan fingerprint density at radius 1 is 1.17 bits per heavy atom. The maximum absolute atomic E-state index is 12.8. The van der Waals surface area contributed by atoms with Gasteiger partial charge in [-0.3, -0.25) is 9.59 Å². The van der Waals surface area contributed by atoms with Crippen LogP contribution in [0.3, 0.4) is 0 Å². The van der Waals surface area contributed by atoms with Crippen molar-refractivity contribution in [2.24, 2.45) is 0 Å². The number of hydrogen-bond donors (Lipinski definition) is 1. The van der Waals surface area contributed by atoms with Crippen LogP contribution in [-0.2, 0) is 20.8 Å². The van der Waals surface area contributed by atoms with E-state index in [1.54, 1.807) is 31.2 Å². The fourth-order valence-electron chi connectivity index (χ4n) is 2.76. The molecular weight excluding hydrogens is 390 g/mol. The van der Waals surface area contributed by atoms with E-state index in [4.69, 9.17) is 14.2 Å². The highest BCUT2D eigenvalue weighted by Crippen LogP contribution is 2.22. The molecule has 0 bridgehead atoms. The van der Waals surface area contributed by atoms with Crippen molar-refractivity contribution in [1.29, 1.82) is 0 Å². The average Bonchev–Trinajstić information content (AvgIpc) is 3.20. The van der Waals surface area contributed by atoms with Crippen molar-refractivity contribution in [2.75, 3.05) is 38.7 Å². The van der Waals surface area contributed by atoms with Gasteiger partial charge >= 0.3 is 0 Å². The number of amides is 2. The second kappa shape index (κ2) is 11.9. The molecule has 0 aliphatic rings. The summed E-state index contributed by atoms with van der Waals surface area (Å²) in [7, 11) is 1.53. The van der Waals surface area contributed by atoms with E-state index >= 15 is 0 Å². The van der Waals surface area contributed by atoms with E-state index in [1.807, 2.05) is 13.8 Å². The Balaban J connectivity index is 2.00. The van der Waals surface area contributed by atoms with E-state index in [0.717, 1.165) is 0 Å². The molecule has 0 radical (unpaired) electrons. The summed E-state index contributed by atoms with van der Waals surface area (Å²) in [5.74, 6) is -0.181. The van der Waals surface area contributed by atoms with Crippen LogP contribution in [-0.4, -0.2) is 71.4 Å². The fraction of sp³-hybridized carbons (Fsp3) is 0.500. The molecule has 0 atom stereocenters. The minimum atomic E-state index is -0.474. The zero-order chi connectivity index (χ0) is 21.9. The molecule has 0 aliphatic carbocycles. The zero-order valence-electron chi connectivity index (χ0n) is 17.8. The summed E-state index contributed by atoms with van der Waals surface area (Å²) in [6.45, 7) is 7.05. The Kier molecular flexibility index (Phi) is 9.23. The Morgan fingerprint density at radius 3 is 2.50 bits per heavy atom. The number of ether oxygens (including phenoxy) is 3. The minimum Gasteiger partial charge on any atom is -0.495 e. The summed E-state index contributed by atoms with van der Waals surface area (Å²) in [5, 5.41) is 10.7. The van der Waals surface area contributed by atoms with E-state index in [1.165, 1.54) is 22.9 Å². The van der Waals surface area contributed by atoms with Crippen molar-refractivity contribution in [3.63, 3.8) is 0 Å². The lowest BCUT2D eigenvalue weighted by atomic mass is 10.3. The molecule has 1 aromatic heterocycles. The normalized spacial score (nSPS) is 10.8. The van der Waals surface area contributed by atoms with Gasteiger partial charge in [-0.1, -0.05) is 17.3 Å². The van der Waals surface area contributed by atoms with Gasteiger partial charge in [0.1, 0.15) is 12.3 Å². The number of nitrogens with zero attached hydrogens (tertiary/aromatic N) is 4. The topological polar surface area (TPSA) is 108 Å². The molecule has 1 aromatic carbocycles. The van der Waals surface area contributed by atoms with Crippen molar-refractivity contribution in [3.8, 4) is 5.75 Å². The Hall–Kier alpha value is -2.98. The molecule has 0 unspecified atom stereocenters. The summed E-state index contributed by atoms with van der Waals surface area (Å²) in [4.78, 5) is 26.6. The average molecular weight is 419 g/mol. The van der Waals surface area contributed by atoms with Gasteiger partial charge in [-0.2, -0.15) is 0 Å². The first-order valence-electron chi connectivity index (χ1n) is 9.87. The largest absolute Gasteiger partial charge is 0.495 e. The number of rotatable bonds is 12. The molecule has 0 saturated heterocycles. The number of anilines is 1. The summed E-state index contributed by atoms with van der Waals surface area (Å²) >= 11 is 0. The number of carbonyl (C=O) groups is 2. The summed E-state index contributed by atoms with van der Waals surface area (Å²) in [6.07, 6.45) is 1.05. The van der Waals surface area contributed by atoms with Gasteiger partial charge in [0.25, 0.3) is 5.91 Å². The monoisotopic (exact) mass is 419 g/mol. The predicted octanol–water partition coefficient (Wildman–Crippen LogP) is 1.79. The number of nitrogens with one attached hydrogen (secondary N) is 1. The number of likely N-dealkylation sites (N-methyl/N-ethyl adjacent to an activating group) is 1. The Labute approximate surface area is 176 Å². The molecular formula is C20H29N5O5. The molecule has 2 rings (SSSR count). The second-order valence-corrected chi connectivity index (χ2v) is 6.23. The molecule has 0 fully saturated rings. The third-order valence-corrected chi connectivity index (χ3v) is 4.18. The minimum absolute atomic E-state index is 0.124. The fourth-order valence-corrected chi connectivity index (χ4v) is 2.76. The lowest BCUT2D eigenvalue weighted by Gasteiger charge is -2.19. The van der Waals surface area contributed by atoms with E-state index in [-0.39, 0.29) is 24.1 Å². The number of carbonyl (C=O) groups excluding carboxylic acids is 2. The van der Waals surface area contributed by atoms with Gasteiger partial charge in [0.2, 0.25) is 5.91 Å². The number of para-hydroxylation sites is 2. The van der Waals surface area contributed by atoms with Crippen LogP contribution < -0.4 is 10.1 Å². The number of benzene rings is 1. The zero-order valence-corrected chi connectivity index (χ0v) is 17.8. The van der Waals surface area contributed by atoms with Crippen LogP contribution >= 0.6 is 0 Å². The lowest BCUT2D eigenvalue weighted by molar-refractivity contribution is -0.145. The van der Waals surface area contributed by atoms with E-state index in [0.29, 0.717) is 37.7 Å². The number of hydrogen-bond acceptors (Lipinski definition) is 7. The number of aromatic nitrogens is 3. The van der Waals surface area contributed by atoms with Crippen LogP contribution in [0.1, 0.15) is 31.3 Å². The summed E-state index contributed by atoms with van der Waals surface area (Å²) < 4.78 is 17.7. The third-order valence-electron chi connectivity index (χ3n) is 4.18. The number of methoxy groups -OCH3 is 1. The maximum atomic E-state index is 12.8. The highest BCUT2D eigenvalue weighted by molar-refractivity contribution is 5.98. The van der Waals surface area contributed by atoms with Gasteiger partial charge in [-0.05, 0) is 32.9 Å². The van der Waals surface area contributed by atoms with Gasteiger partial charge in [-0.25, -0.2) is 4.68 Å².